The van der Waals surface area contributed by atoms with Gasteiger partial charge in [0.25, 0.3) is 0 Å². The van der Waals surface area contributed by atoms with Crippen LogP contribution in [0.15, 0.2) is 0 Å². The van der Waals surface area contributed by atoms with Crippen LogP contribution in [0.4, 0.5) is 0 Å². The number of likely N-dealkylation sites (N-methyl/N-ethyl adjacent to an activating group) is 1. The Morgan fingerprint density at radius 2 is 1.43 bits per heavy atom. The number of piperazine rings is 2. The predicted molar refractivity (Wildman–Crippen MR) is 86.3 cm³/mol. The molecule has 2 fully saturated rings. The smallest absolute Gasteiger partial charge is 0.0978 e. The zero-order valence-electron chi connectivity index (χ0n) is 13.8. The molecule has 0 aliphatic carbocycles. The van der Waals surface area contributed by atoms with Gasteiger partial charge >= 0.3 is 0 Å². The minimum Gasteiger partial charge on any atom is -0.304 e. The van der Waals surface area contributed by atoms with Crippen molar-refractivity contribution < 1.29 is 0 Å². The third kappa shape index (κ3) is 5.23. The second-order valence-electron chi connectivity index (χ2n) is 6.46. The first-order chi connectivity index (χ1) is 10.2. The van der Waals surface area contributed by atoms with E-state index in [4.69, 9.17) is 0 Å². The molecule has 2 rings (SSSR count). The number of nitrogens with zero attached hydrogens (tertiary/aromatic N) is 5. The van der Waals surface area contributed by atoms with E-state index in [-0.39, 0.29) is 6.04 Å². The first kappa shape index (κ1) is 16.7. The van der Waals surface area contributed by atoms with E-state index in [9.17, 15) is 5.26 Å². The Hall–Kier alpha value is -0.670. The van der Waals surface area contributed by atoms with E-state index in [1.807, 2.05) is 0 Å². The van der Waals surface area contributed by atoms with Crippen molar-refractivity contribution in [3.05, 3.63) is 0 Å². The van der Waals surface area contributed by atoms with Crippen LogP contribution < -0.4 is 0 Å². The van der Waals surface area contributed by atoms with Gasteiger partial charge in [0.2, 0.25) is 0 Å². The van der Waals surface area contributed by atoms with Crippen molar-refractivity contribution in [2.24, 2.45) is 0 Å². The van der Waals surface area contributed by atoms with E-state index >= 15 is 0 Å². The molecule has 1 atom stereocenters. The molecular weight excluding hydrogens is 262 g/mol. The largest absolute Gasteiger partial charge is 0.304 e. The van der Waals surface area contributed by atoms with Crippen molar-refractivity contribution in [3.8, 4) is 6.07 Å². The van der Waals surface area contributed by atoms with E-state index in [1.165, 1.54) is 39.3 Å². The molecule has 21 heavy (non-hydrogen) atoms. The lowest BCUT2D eigenvalue weighted by atomic mass is 10.1. The van der Waals surface area contributed by atoms with Crippen LogP contribution >= 0.6 is 0 Å². The molecule has 5 nitrogen and oxygen atoms in total. The van der Waals surface area contributed by atoms with Crippen LogP contribution in [0.5, 0.6) is 0 Å². The van der Waals surface area contributed by atoms with Crippen LogP contribution in [0, 0.1) is 11.3 Å². The summed E-state index contributed by atoms with van der Waals surface area (Å²) in [5.41, 5.74) is 0. The average Bonchev–Trinajstić information content (AvgIpc) is 2.53. The molecule has 2 saturated heterocycles. The molecule has 120 valence electrons. The lowest BCUT2D eigenvalue weighted by Gasteiger charge is -2.38. The highest BCUT2D eigenvalue weighted by Gasteiger charge is 2.23. The first-order valence-electron chi connectivity index (χ1n) is 8.50. The highest BCUT2D eigenvalue weighted by atomic mass is 15.3. The van der Waals surface area contributed by atoms with Gasteiger partial charge in [0.05, 0.1) is 12.1 Å². The second kappa shape index (κ2) is 8.70. The predicted octanol–water partition coefficient (Wildman–Crippen LogP) is 0.544. The molecule has 2 aliphatic rings. The summed E-state index contributed by atoms with van der Waals surface area (Å²) in [5.74, 6) is 0. The molecule has 0 saturated carbocycles. The zero-order valence-corrected chi connectivity index (χ0v) is 13.8. The van der Waals surface area contributed by atoms with Crippen LogP contribution in [0.1, 0.15) is 19.8 Å². The van der Waals surface area contributed by atoms with Crippen LogP contribution in [0.25, 0.3) is 0 Å². The molecule has 0 aromatic rings. The van der Waals surface area contributed by atoms with Gasteiger partial charge in [0.15, 0.2) is 0 Å². The van der Waals surface area contributed by atoms with Crippen molar-refractivity contribution in [3.63, 3.8) is 0 Å². The van der Waals surface area contributed by atoms with Gasteiger partial charge in [-0.2, -0.15) is 5.26 Å². The highest BCUT2D eigenvalue weighted by molar-refractivity contribution is 4.93. The van der Waals surface area contributed by atoms with Gasteiger partial charge in [-0.15, -0.1) is 0 Å². The van der Waals surface area contributed by atoms with Crippen LogP contribution in [0.3, 0.4) is 0 Å². The minimum atomic E-state index is 0.134. The maximum Gasteiger partial charge on any atom is 0.0978 e. The number of nitriles is 1. The fraction of sp³-hybridized carbons (Fsp3) is 0.938. The minimum absolute atomic E-state index is 0.134. The third-order valence-corrected chi connectivity index (χ3v) is 4.89. The highest BCUT2D eigenvalue weighted by Crippen LogP contribution is 2.10. The molecule has 2 heterocycles. The molecule has 0 N–H and O–H groups in total. The summed E-state index contributed by atoms with van der Waals surface area (Å²) in [5, 5.41) is 9.25. The van der Waals surface area contributed by atoms with Gasteiger partial charge in [-0.25, -0.2) is 0 Å². The SMILES string of the molecule is CCCC(C#N)N1CCN(CCN2CCN(C)CC2)CC1. The fourth-order valence-corrected chi connectivity index (χ4v) is 3.26. The molecule has 0 amide bonds. The molecule has 0 aromatic carbocycles. The van der Waals surface area contributed by atoms with Crippen LogP contribution in [-0.2, 0) is 0 Å². The lowest BCUT2D eigenvalue weighted by Crippen LogP contribution is -2.52. The van der Waals surface area contributed by atoms with Crippen molar-refractivity contribution >= 4 is 0 Å². The maximum atomic E-state index is 9.25. The fourth-order valence-electron chi connectivity index (χ4n) is 3.26. The molecule has 1 unspecified atom stereocenters. The number of hydrogen-bond acceptors (Lipinski definition) is 5. The van der Waals surface area contributed by atoms with Gasteiger partial charge in [0.1, 0.15) is 0 Å². The Bertz CT molecular complexity index is 324. The van der Waals surface area contributed by atoms with Crippen molar-refractivity contribution in [2.45, 2.75) is 25.8 Å². The summed E-state index contributed by atoms with van der Waals surface area (Å²) in [6, 6.07) is 2.60. The second-order valence-corrected chi connectivity index (χ2v) is 6.46. The van der Waals surface area contributed by atoms with Crippen molar-refractivity contribution in [1.82, 2.24) is 19.6 Å². The van der Waals surface area contributed by atoms with Gasteiger partial charge in [-0.05, 0) is 13.5 Å². The summed E-state index contributed by atoms with van der Waals surface area (Å²) in [6.07, 6.45) is 2.11. The Kier molecular flexibility index (Phi) is 6.91. The van der Waals surface area contributed by atoms with Gasteiger partial charge in [-0.1, -0.05) is 13.3 Å². The first-order valence-corrected chi connectivity index (χ1v) is 8.50. The maximum absolute atomic E-state index is 9.25. The van der Waals surface area contributed by atoms with E-state index in [0.29, 0.717) is 0 Å². The quantitative estimate of drug-likeness (QED) is 0.715. The lowest BCUT2D eigenvalue weighted by molar-refractivity contribution is 0.0895. The van der Waals surface area contributed by atoms with Crippen LogP contribution in [-0.4, -0.2) is 98.1 Å². The number of rotatable bonds is 6. The summed E-state index contributed by atoms with van der Waals surface area (Å²) < 4.78 is 0. The summed E-state index contributed by atoms with van der Waals surface area (Å²) in [6.45, 7) is 13.7. The Morgan fingerprint density at radius 3 is 1.90 bits per heavy atom. The van der Waals surface area contributed by atoms with Gasteiger partial charge in [-0.3, -0.25) is 14.7 Å². The van der Waals surface area contributed by atoms with E-state index < -0.39 is 0 Å². The summed E-state index contributed by atoms with van der Waals surface area (Å²) >= 11 is 0. The van der Waals surface area contributed by atoms with Crippen molar-refractivity contribution in [2.75, 3.05) is 72.5 Å². The van der Waals surface area contributed by atoms with E-state index in [2.05, 4.69) is 39.6 Å². The normalized spacial score (nSPS) is 24.8. The molecule has 0 radical (unpaired) electrons. The molecule has 2 aliphatic heterocycles. The standard InChI is InChI=1S/C16H31N5/c1-3-4-16(15-17)21-13-11-20(12-14-21)10-9-19-7-5-18(2)6-8-19/h16H,3-14H2,1-2H3. The van der Waals surface area contributed by atoms with Crippen molar-refractivity contribution in [1.29, 1.82) is 5.26 Å². The Balaban J connectivity index is 1.64. The van der Waals surface area contributed by atoms with E-state index in [0.717, 1.165) is 39.0 Å². The summed E-state index contributed by atoms with van der Waals surface area (Å²) in [4.78, 5) is 9.93. The Morgan fingerprint density at radius 1 is 0.905 bits per heavy atom. The van der Waals surface area contributed by atoms with Gasteiger partial charge < -0.3 is 4.90 Å². The Labute approximate surface area is 130 Å². The molecule has 0 bridgehead atoms. The third-order valence-electron chi connectivity index (χ3n) is 4.89. The molecule has 0 aromatic heterocycles. The topological polar surface area (TPSA) is 36.8 Å². The van der Waals surface area contributed by atoms with E-state index in [1.54, 1.807) is 0 Å². The molecular formula is C16H31N5. The zero-order chi connectivity index (χ0) is 15.1. The van der Waals surface area contributed by atoms with Crippen LogP contribution in [0.2, 0.25) is 0 Å². The number of hydrogen-bond donors (Lipinski definition) is 0. The average molecular weight is 293 g/mol. The molecule has 5 heteroatoms. The van der Waals surface area contributed by atoms with Gasteiger partial charge in [0, 0.05) is 65.4 Å². The molecule has 0 spiro atoms. The monoisotopic (exact) mass is 293 g/mol. The summed E-state index contributed by atoms with van der Waals surface area (Å²) in [7, 11) is 2.21.